The third-order valence-corrected chi connectivity index (χ3v) is 7.63. The molecule has 31 heavy (non-hydrogen) atoms. The molecule has 3 atom stereocenters. The van der Waals surface area contributed by atoms with Crippen LogP contribution in [0.2, 0.25) is 0 Å². The topological polar surface area (TPSA) is 20.2 Å². The third-order valence-electron chi connectivity index (χ3n) is 7.63. The lowest BCUT2D eigenvalue weighted by Crippen LogP contribution is -2.37. The van der Waals surface area contributed by atoms with E-state index in [2.05, 4.69) is 74.0 Å². The van der Waals surface area contributed by atoms with E-state index in [1.54, 1.807) is 0 Å². The van der Waals surface area contributed by atoms with Crippen molar-refractivity contribution in [2.45, 2.75) is 63.9 Å². The molecule has 0 aromatic heterocycles. The molecule has 1 saturated carbocycles. The van der Waals surface area contributed by atoms with Crippen molar-refractivity contribution in [1.82, 2.24) is 0 Å². The number of allylic oxidation sites excluding steroid dienone is 3. The minimum absolute atomic E-state index is 0.0194. The Hall–Kier alpha value is -2.56. The normalized spacial score (nSPS) is 27.2. The fourth-order valence-electron chi connectivity index (χ4n) is 6.09. The first-order valence-electron chi connectivity index (χ1n) is 11.8. The molecule has 1 N–H and O–H groups in total. The van der Waals surface area contributed by atoms with Crippen LogP contribution in [0.5, 0.6) is 0 Å². The molecule has 0 spiro atoms. The lowest BCUT2D eigenvalue weighted by Gasteiger charge is -2.38. The molecule has 1 fully saturated rings. The molecule has 0 saturated heterocycles. The van der Waals surface area contributed by atoms with Crippen molar-refractivity contribution in [3.63, 3.8) is 0 Å². The van der Waals surface area contributed by atoms with E-state index in [1.807, 2.05) is 6.07 Å². The zero-order chi connectivity index (χ0) is 21.9. The summed E-state index contributed by atoms with van der Waals surface area (Å²) in [7, 11) is 0. The molecule has 4 rings (SSSR count). The zero-order valence-electron chi connectivity index (χ0n) is 18.7. The first-order valence-corrected chi connectivity index (χ1v) is 11.8. The van der Waals surface area contributed by atoms with E-state index in [-0.39, 0.29) is 11.3 Å². The van der Waals surface area contributed by atoms with Gasteiger partial charge < -0.3 is 5.11 Å². The summed E-state index contributed by atoms with van der Waals surface area (Å²) in [5.74, 6) is 2.78. The Balaban J connectivity index is 1.86. The Kier molecular flexibility index (Phi) is 6.22. The molecule has 1 nitrogen and oxygen atoms in total. The maximum absolute atomic E-state index is 11.5. The first kappa shape index (κ1) is 21.7. The number of terminal acetylenes is 1. The van der Waals surface area contributed by atoms with Gasteiger partial charge in [0.25, 0.3) is 0 Å². The highest BCUT2D eigenvalue weighted by Crippen LogP contribution is 2.68. The monoisotopic (exact) mass is 410 g/mol. The SMILES string of the molecule is C#CC1(O)CC[C@@]2(C(=C)c3ccccc3)C(c3ccccc3)=C(CCCCCC)CC12. The summed E-state index contributed by atoms with van der Waals surface area (Å²) in [6.45, 7) is 6.90. The van der Waals surface area contributed by atoms with Crippen LogP contribution in [0.1, 0.15) is 69.4 Å². The lowest BCUT2D eigenvalue weighted by atomic mass is 9.65. The van der Waals surface area contributed by atoms with Gasteiger partial charge in [-0.25, -0.2) is 0 Å². The van der Waals surface area contributed by atoms with Gasteiger partial charge in [-0.15, -0.1) is 6.42 Å². The fourth-order valence-corrected chi connectivity index (χ4v) is 6.09. The maximum atomic E-state index is 11.5. The molecule has 2 aliphatic carbocycles. The number of hydrogen-bond acceptors (Lipinski definition) is 1. The van der Waals surface area contributed by atoms with E-state index in [0.717, 1.165) is 30.4 Å². The van der Waals surface area contributed by atoms with E-state index in [0.29, 0.717) is 6.42 Å². The number of rotatable bonds is 8. The van der Waals surface area contributed by atoms with Gasteiger partial charge in [-0.3, -0.25) is 0 Å². The summed E-state index contributed by atoms with van der Waals surface area (Å²) >= 11 is 0. The summed E-state index contributed by atoms with van der Waals surface area (Å²) in [5.41, 5.74) is 4.97. The predicted molar refractivity (Wildman–Crippen MR) is 131 cm³/mol. The van der Waals surface area contributed by atoms with E-state index in [1.165, 1.54) is 42.4 Å². The Bertz CT molecular complexity index is 994. The van der Waals surface area contributed by atoms with Crippen molar-refractivity contribution in [3.8, 4) is 12.3 Å². The van der Waals surface area contributed by atoms with Gasteiger partial charge in [0.1, 0.15) is 5.60 Å². The van der Waals surface area contributed by atoms with E-state index in [9.17, 15) is 5.11 Å². The van der Waals surface area contributed by atoms with E-state index >= 15 is 0 Å². The van der Waals surface area contributed by atoms with Gasteiger partial charge in [0.15, 0.2) is 0 Å². The van der Waals surface area contributed by atoms with Crippen LogP contribution >= 0.6 is 0 Å². The van der Waals surface area contributed by atoms with Gasteiger partial charge >= 0.3 is 0 Å². The Morgan fingerprint density at radius 3 is 2.35 bits per heavy atom. The van der Waals surface area contributed by atoms with Crippen LogP contribution in [0.3, 0.4) is 0 Å². The highest BCUT2D eigenvalue weighted by Gasteiger charge is 2.62. The molecular formula is C30H34O. The number of hydrogen-bond donors (Lipinski definition) is 1. The standard InChI is InChI=1S/C30H34O/c1-4-6-7-10-19-26-22-27-29(31,5-2)20-21-30(27,23(3)24-15-11-8-12-16-24)28(26)25-17-13-9-14-18-25/h2,8-9,11-18,27,31H,3-4,6-7,10,19-22H2,1H3/t27?,29?,30-/m0/s1. The molecule has 1 heteroatoms. The van der Waals surface area contributed by atoms with Gasteiger partial charge in [0.2, 0.25) is 0 Å². The lowest BCUT2D eigenvalue weighted by molar-refractivity contribution is 0.0507. The van der Waals surface area contributed by atoms with Gasteiger partial charge in [0, 0.05) is 11.3 Å². The van der Waals surface area contributed by atoms with Gasteiger partial charge in [-0.05, 0) is 54.4 Å². The molecule has 2 aliphatic rings. The molecule has 0 bridgehead atoms. The van der Waals surface area contributed by atoms with Crippen LogP contribution in [-0.4, -0.2) is 10.7 Å². The zero-order valence-corrected chi connectivity index (χ0v) is 18.7. The summed E-state index contributed by atoms with van der Waals surface area (Å²) in [6, 6.07) is 21.2. The minimum Gasteiger partial charge on any atom is -0.377 e. The van der Waals surface area contributed by atoms with Crippen molar-refractivity contribution in [3.05, 3.63) is 83.9 Å². The molecule has 2 aromatic rings. The molecule has 160 valence electrons. The Morgan fingerprint density at radius 2 is 1.71 bits per heavy atom. The van der Waals surface area contributed by atoms with Crippen molar-refractivity contribution in [2.75, 3.05) is 0 Å². The van der Waals surface area contributed by atoms with Crippen molar-refractivity contribution in [2.24, 2.45) is 11.3 Å². The molecule has 0 radical (unpaired) electrons. The summed E-state index contributed by atoms with van der Waals surface area (Å²) in [6.07, 6.45) is 14.3. The average Bonchev–Trinajstić information content (AvgIpc) is 3.30. The summed E-state index contributed by atoms with van der Waals surface area (Å²) < 4.78 is 0. The molecule has 2 aromatic carbocycles. The molecule has 0 amide bonds. The predicted octanol–water partition coefficient (Wildman–Crippen LogP) is 7.29. The van der Waals surface area contributed by atoms with Crippen molar-refractivity contribution in [1.29, 1.82) is 0 Å². The number of aliphatic hydroxyl groups is 1. The molecular weight excluding hydrogens is 376 g/mol. The molecule has 0 heterocycles. The Morgan fingerprint density at radius 1 is 1.03 bits per heavy atom. The van der Waals surface area contributed by atoms with Crippen LogP contribution in [0, 0.1) is 23.7 Å². The average molecular weight is 411 g/mol. The van der Waals surface area contributed by atoms with Crippen LogP contribution in [0.25, 0.3) is 11.1 Å². The van der Waals surface area contributed by atoms with Crippen molar-refractivity contribution < 1.29 is 5.11 Å². The van der Waals surface area contributed by atoms with Gasteiger partial charge in [0.05, 0.1) is 0 Å². The van der Waals surface area contributed by atoms with Crippen LogP contribution in [-0.2, 0) is 0 Å². The molecule has 2 unspecified atom stereocenters. The second-order valence-electron chi connectivity index (χ2n) is 9.30. The van der Waals surface area contributed by atoms with Gasteiger partial charge in [-0.2, -0.15) is 0 Å². The summed E-state index contributed by atoms with van der Waals surface area (Å²) in [4.78, 5) is 0. The smallest absolute Gasteiger partial charge is 0.129 e. The fraction of sp³-hybridized carbons (Fsp3) is 0.400. The number of unbranched alkanes of at least 4 members (excludes halogenated alkanes) is 3. The maximum Gasteiger partial charge on any atom is 0.129 e. The highest BCUT2D eigenvalue weighted by molar-refractivity contribution is 5.90. The quantitative estimate of drug-likeness (QED) is 0.358. The third kappa shape index (κ3) is 3.68. The second kappa shape index (κ2) is 8.89. The first-order chi connectivity index (χ1) is 15.1. The largest absolute Gasteiger partial charge is 0.377 e. The Labute approximate surface area is 187 Å². The van der Waals surface area contributed by atoms with Gasteiger partial charge in [-0.1, -0.05) is 105 Å². The van der Waals surface area contributed by atoms with Crippen LogP contribution in [0.4, 0.5) is 0 Å². The van der Waals surface area contributed by atoms with Crippen molar-refractivity contribution >= 4 is 11.1 Å². The number of benzene rings is 2. The highest BCUT2D eigenvalue weighted by atomic mass is 16.3. The van der Waals surface area contributed by atoms with Crippen LogP contribution in [0.15, 0.2) is 72.8 Å². The molecule has 0 aliphatic heterocycles. The van der Waals surface area contributed by atoms with E-state index in [4.69, 9.17) is 6.42 Å². The van der Waals surface area contributed by atoms with Crippen LogP contribution < -0.4 is 0 Å². The number of fused-ring (bicyclic) bond motifs is 1. The minimum atomic E-state index is -1.08. The summed E-state index contributed by atoms with van der Waals surface area (Å²) in [5, 5.41) is 11.5. The van der Waals surface area contributed by atoms with E-state index < -0.39 is 5.60 Å². The second-order valence-corrected chi connectivity index (χ2v) is 9.30.